The molecule has 0 aliphatic rings. The number of nitro benzene ring substituents is 1. The molecule has 0 unspecified atom stereocenters. The van der Waals surface area contributed by atoms with Crippen molar-refractivity contribution >= 4 is 29.3 Å². The van der Waals surface area contributed by atoms with Gasteiger partial charge in [-0.3, -0.25) is 19.7 Å². The molecule has 11 heteroatoms. The summed E-state index contributed by atoms with van der Waals surface area (Å²) in [6, 6.07) is 2.83. The van der Waals surface area contributed by atoms with E-state index in [1.165, 1.54) is 6.92 Å². The van der Waals surface area contributed by atoms with Gasteiger partial charge >= 0.3 is 17.7 Å². The summed E-state index contributed by atoms with van der Waals surface area (Å²) in [7, 11) is 0. The van der Waals surface area contributed by atoms with Gasteiger partial charge in [-0.05, 0) is 39.8 Å². The number of amides is 2. The summed E-state index contributed by atoms with van der Waals surface area (Å²) >= 11 is 0. The molecule has 0 aliphatic carbocycles. The lowest BCUT2D eigenvalue weighted by Gasteiger charge is -2.19. The fourth-order valence-corrected chi connectivity index (χ4v) is 1.86. The van der Waals surface area contributed by atoms with Crippen molar-refractivity contribution in [3.05, 3.63) is 34.1 Å². The van der Waals surface area contributed by atoms with Crippen LogP contribution in [-0.4, -0.2) is 41.1 Å². The number of nitrogens with one attached hydrogen (secondary N) is 2. The van der Waals surface area contributed by atoms with E-state index in [1.54, 1.807) is 20.8 Å². The number of esters is 1. The molecule has 1 aromatic rings. The maximum Gasteiger partial charge on any atom is 0.407 e. The molecule has 1 aromatic carbocycles. The Bertz CT molecular complexity index is 762. The highest BCUT2D eigenvalue weighted by atomic mass is 19.1. The Morgan fingerprint density at radius 3 is 2.50 bits per heavy atom. The van der Waals surface area contributed by atoms with E-state index in [0.29, 0.717) is 0 Å². The highest BCUT2D eigenvalue weighted by Crippen LogP contribution is 2.21. The van der Waals surface area contributed by atoms with E-state index in [1.807, 2.05) is 0 Å². The fourth-order valence-electron chi connectivity index (χ4n) is 1.86. The van der Waals surface area contributed by atoms with Gasteiger partial charge in [0.05, 0.1) is 11.3 Å². The molecule has 154 valence electrons. The van der Waals surface area contributed by atoms with E-state index in [9.17, 15) is 28.9 Å². The van der Waals surface area contributed by atoms with E-state index >= 15 is 0 Å². The summed E-state index contributed by atoms with van der Waals surface area (Å²) in [4.78, 5) is 45.0. The predicted octanol–water partition coefficient (Wildman–Crippen LogP) is 2.52. The number of alkyl carbamates (subject to hydrolysis) is 1. The van der Waals surface area contributed by atoms with Crippen LogP contribution in [0.25, 0.3) is 0 Å². The quantitative estimate of drug-likeness (QED) is 0.408. The van der Waals surface area contributed by atoms with Gasteiger partial charge < -0.3 is 20.1 Å². The summed E-state index contributed by atoms with van der Waals surface area (Å²) in [6.45, 7) is 6.32. The Hall–Kier alpha value is -3.24. The van der Waals surface area contributed by atoms with Crippen LogP contribution in [0, 0.1) is 15.9 Å². The first-order valence-electron chi connectivity index (χ1n) is 8.30. The monoisotopic (exact) mass is 399 g/mol. The Morgan fingerprint density at radius 1 is 1.29 bits per heavy atom. The molecule has 1 atom stereocenters. The lowest BCUT2D eigenvalue weighted by molar-refractivity contribution is -0.387. The lowest BCUT2D eigenvalue weighted by atomic mass is 10.2. The molecule has 0 aromatic heterocycles. The molecule has 2 N–H and O–H groups in total. The first-order valence-corrected chi connectivity index (χ1v) is 8.30. The van der Waals surface area contributed by atoms with Crippen molar-refractivity contribution in [3.63, 3.8) is 0 Å². The minimum atomic E-state index is -1.21. The van der Waals surface area contributed by atoms with E-state index in [-0.39, 0.29) is 18.7 Å². The van der Waals surface area contributed by atoms with Crippen LogP contribution in [0.4, 0.5) is 20.6 Å². The molecule has 2 amide bonds. The number of carbonyl (C=O) groups excluding carboxylic acids is 3. The fraction of sp³-hybridized carbons (Fsp3) is 0.471. The minimum absolute atomic E-state index is 0.0207. The Balaban J connectivity index is 2.47. The van der Waals surface area contributed by atoms with Crippen LogP contribution in [-0.2, 0) is 19.1 Å². The van der Waals surface area contributed by atoms with Gasteiger partial charge in [0.25, 0.3) is 5.91 Å². The third kappa shape index (κ3) is 7.98. The van der Waals surface area contributed by atoms with Gasteiger partial charge in [0, 0.05) is 18.3 Å². The number of nitrogens with zero attached hydrogens (tertiary/aromatic N) is 1. The number of anilines is 1. The van der Waals surface area contributed by atoms with Gasteiger partial charge in [0.15, 0.2) is 6.10 Å². The Labute approximate surface area is 160 Å². The van der Waals surface area contributed by atoms with E-state index in [4.69, 9.17) is 9.47 Å². The van der Waals surface area contributed by atoms with E-state index in [0.717, 1.165) is 18.2 Å². The molecule has 1 rings (SSSR count). The number of rotatable bonds is 7. The van der Waals surface area contributed by atoms with Crippen molar-refractivity contribution in [2.24, 2.45) is 0 Å². The maximum atomic E-state index is 13.3. The van der Waals surface area contributed by atoms with Gasteiger partial charge in [-0.15, -0.1) is 0 Å². The lowest BCUT2D eigenvalue weighted by Crippen LogP contribution is -2.35. The second-order valence-electron chi connectivity index (χ2n) is 6.72. The largest absolute Gasteiger partial charge is 0.452 e. The van der Waals surface area contributed by atoms with E-state index < -0.39 is 46.1 Å². The first-order chi connectivity index (χ1) is 12.9. The number of nitro groups is 1. The summed E-state index contributed by atoms with van der Waals surface area (Å²) in [5, 5.41) is 15.4. The second kappa shape index (κ2) is 9.62. The van der Waals surface area contributed by atoms with Crippen molar-refractivity contribution in [2.45, 2.75) is 45.8 Å². The molecule has 0 bridgehead atoms. The normalized spacial score (nSPS) is 11.9. The molecule has 0 saturated carbocycles. The molecule has 0 radical (unpaired) electrons. The summed E-state index contributed by atoms with van der Waals surface area (Å²) < 4.78 is 23.2. The van der Waals surface area contributed by atoms with Crippen LogP contribution in [0.5, 0.6) is 0 Å². The first kappa shape index (κ1) is 22.8. The molecular weight excluding hydrogens is 377 g/mol. The van der Waals surface area contributed by atoms with Crippen LogP contribution in [0.3, 0.4) is 0 Å². The van der Waals surface area contributed by atoms with Gasteiger partial charge in [-0.1, -0.05) is 0 Å². The van der Waals surface area contributed by atoms with Crippen molar-refractivity contribution in [3.8, 4) is 0 Å². The van der Waals surface area contributed by atoms with Crippen LogP contribution in [0.1, 0.15) is 34.1 Å². The molecule has 0 heterocycles. The molecular formula is C17H22FN3O7. The van der Waals surface area contributed by atoms with Gasteiger partial charge in [-0.25, -0.2) is 4.79 Å². The van der Waals surface area contributed by atoms with Crippen molar-refractivity contribution in [2.75, 3.05) is 11.9 Å². The number of halogens is 1. The summed E-state index contributed by atoms with van der Waals surface area (Å²) in [5.41, 5.74) is -1.49. The molecule has 0 fully saturated rings. The molecule has 0 spiro atoms. The average Bonchev–Trinajstić information content (AvgIpc) is 2.54. The Morgan fingerprint density at radius 2 is 1.93 bits per heavy atom. The predicted molar refractivity (Wildman–Crippen MR) is 96.1 cm³/mol. The number of hydrogen-bond acceptors (Lipinski definition) is 7. The minimum Gasteiger partial charge on any atom is -0.452 e. The standard InChI is InChI=1S/C17H22FN3O7/c1-10(27-14(22)7-8-19-16(24)28-17(2,3)4)15(23)20-11-5-6-12(18)13(9-11)21(25)26/h5-6,9-10H,7-8H2,1-4H3,(H,19,24)(H,20,23)/t10-/m1/s1. The highest BCUT2D eigenvalue weighted by Gasteiger charge is 2.21. The molecule has 10 nitrogen and oxygen atoms in total. The second-order valence-corrected chi connectivity index (χ2v) is 6.72. The van der Waals surface area contributed by atoms with Crippen LogP contribution in [0.2, 0.25) is 0 Å². The maximum absolute atomic E-state index is 13.3. The average molecular weight is 399 g/mol. The van der Waals surface area contributed by atoms with Crippen LogP contribution >= 0.6 is 0 Å². The third-order valence-corrected chi connectivity index (χ3v) is 3.09. The van der Waals surface area contributed by atoms with Crippen LogP contribution in [0.15, 0.2) is 18.2 Å². The Kier molecular flexibility index (Phi) is 7.84. The van der Waals surface area contributed by atoms with E-state index in [2.05, 4.69) is 10.6 Å². The smallest absolute Gasteiger partial charge is 0.407 e. The zero-order chi connectivity index (χ0) is 21.5. The third-order valence-electron chi connectivity index (χ3n) is 3.09. The topological polar surface area (TPSA) is 137 Å². The number of carbonyl (C=O) groups is 3. The number of hydrogen-bond donors (Lipinski definition) is 2. The molecule has 0 aliphatic heterocycles. The number of benzene rings is 1. The van der Waals surface area contributed by atoms with Crippen molar-refractivity contribution in [1.29, 1.82) is 0 Å². The van der Waals surface area contributed by atoms with Crippen LogP contribution < -0.4 is 10.6 Å². The van der Waals surface area contributed by atoms with Crippen molar-refractivity contribution < 1.29 is 33.2 Å². The SMILES string of the molecule is C[C@@H](OC(=O)CCNC(=O)OC(C)(C)C)C(=O)Nc1ccc(F)c([N+](=O)[O-])c1. The van der Waals surface area contributed by atoms with Gasteiger partial charge in [0.2, 0.25) is 5.82 Å². The summed E-state index contributed by atoms with van der Waals surface area (Å²) in [5.74, 6) is -2.54. The van der Waals surface area contributed by atoms with Crippen molar-refractivity contribution in [1.82, 2.24) is 5.32 Å². The highest BCUT2D eigenvalue weighted by molar-refractivity contribution is 5.95. The van der Waals surface area contributed by atoms with Gasteiger partial charge in [-0.2, -0.15) is 4.39 Å². The summed E-state index contributed by atoms with van der Waals surface area (Å²) in [6.07, 6.45) is -2.10. The zero-order valence-corrected chi connectivity index (χ0v) is 15.9. The van der Waals surface area contributed by atoms with Gasteiger partial charge in [0.1, 0.15) is 5.60 Å². The number of ether oxygens (including phenoxy) is 2. The zero-order valence-electron chi connectivity index (χ0n) is 15.9. The molecule has 0 saturated heterocycles. The molecule has 28 heavy (non-hydrogen) atoms.